The van der Waals surface area contributed by atoms with E-state index in [-0.39, 0.29) is 0 Å². The third-order valence-corrected chi connectivity index (χ3v) is 10.8. The summed E-state index contributed by atoms with van der Waals surface area (Å²) in [5.74, 6) is 0. The number of aliphatic hydroxyl groups is 1. The molecule has 30 heavy (non-hydrogen) atoms. The lowest BCUT2D eigenvalue weighted by Crippen LogP contribution is -2.41. The molecule has 0 saturated carbocycles. The summed E-state index contributed by atoms with van der Waals surface area (Å²) < 4.78 is 14.9. The van der Waals surface area contributed by atoms with Gasteiger partial charge in [-0.3, -0.25) is 0 Å². The van der Waals surface area contributed by atoms with Crippen LogP contribution in [0.2, 0.25) is 0 Å². The maximum atomic E-state index is 14.9. The highest BCUT2D eigenvalue weighted by Gasteiger charge is 2.50. The standard InChI is InChI=1S/C27H33O2P/c1-25(2,3)30(29,26(4,5)6)24-20-14-13-19-23(24)27(28,21-15-9-7-10-16-21)22-17-11-8-12-18-22/h7-20,28H,1-6H3. The molecule has 158 valence electrons. The first-order valence-corrected chi connectivity index (χ1v) is 12.2. The number of hydrogen-bond donors (Lipinski definition) is 1. The molecule has 3 aromatic carbocycles. The van der Waals surface area contributed by atoms with Gasteiger partial charge in [0.2, 0.25) is 0 Å². The van der Waals surface area contributed by atoms with Crippen LogP contribution in [0.5, 0.6) is 0 Å². The molecule has 2 nitrogen and oxygen atoms in total. The van der Waals surface area contributed by atoms with E-state index in [0.717, 1.165) is 16.4 Å². The summed E-state index contributed by atoms with van der Waals surface area (Å²) in [6, 6.07) is 27.1. The van der Waals surface area contributed by atoms with E-state index in [0.29, 0.717) is 5.56 Å². The molecule has 0 aliphatic heterocycles. The van der Waals surface area contributed by atoms with Gasteiger partial charge in [-0.05, 0) is 11.1 Å². The van der Waals surface area contributed by atoms with Gasteiger partial charge < -0.3 is 9.67 Å². The largest absolute Gasteiger partial charge is 0.376 e. The van der Waals surface area contributed by atoms with Crippen molar-refractivity contribution in [3.63, 3.8) is 0 Å². The molecule has 0 aromatic heterocycles. The lowest BCUT2D eigenvalue weighted by molar-refractivity contribution is 0.126. The summed E-state index contributed by atoms with van der Waals surface area (Å²) in [5.41, 5.74) is 0.803. The topological polar surface area (TPSA) is 37.3 Å². The lowest BCUT2D eigenvalue weighted by Gasteiger charge is -2.44. The zero-order valence-corrected chi connectivity index (χ0v) is 19.8. The molecule has 3 heteroatoms. The Labute approximate surface area is 181 Å². The van der Waals surface area contributed by atoms with E-state index in [9.17, 15) is 9.67 Å². The maximum Gasteiger partial charge on any atom is 0.141 e. The van der Waals surface area contributed by atoms with Crippen molar-refractivity contribution in [2.45, 2.75) is 57.5 Å². The van der Waals surface area contributed by atoms with Gasteiger partial charge in [0.05, 0.1) is 0 Å². The van der Waals surface area contributed by atoms with Crippen LogP contribution in [0.3, 0.4) is 0 Å². The van der Waals surface area contributed by atoms with E-state index < -0.39 is 23.1 Å². The zero-order valence-electron chi connectivity index (χ0n) is 18.9. The second-order valence-corrected chi connectivity index (χ2v) is 14.3. The first kappa shape index (κ1) is 22.5. The predicted octanol–water partition coefficient (Wildman–Crippen LogP) is 6.56. The van der Waals surface area contributed by atoms with Crippen molar-refractivity contribution in [1.82, 2.24) is 0 Å². The first-order valence-electron chi connectivity index (χ1n) is 10.5. The van der Waals surface area contributed by atoms with Crippen molar-refractivity contribution in [2.24, 2.45) is 0 Å². The van der Waals surface area contributed by atoms with Crippen molar-refractivity contribution in [3.05, 3.63) is 102 Å². The van der Waals surface area contributed by atoms with Crippen LogP contribution in [0.4, 0.5) is 0 Å². The Hall–Kier alpha value is -2.15. The molecule has 1 N–H and O–H groups in total. The van der Waals surface area contributed by atoms with Gasteiger partial charge in [-0.2, -0.15) is 0 Å². The summed E-state index contributed by atoms with van der Waals surface area (Å²) in [5, 5.41) is 12.2. The molecule has 0 aliphatic carbocycles. The van der Waals surface area contributed by atoms with Crippen LogP contribution >= 0.6 is 7.14 Å². The van der Waals surface area contributed by atoms with Crippen LogP contribution in [0.25, 0.3) is 0 Å². The van der Waals surface area contributed by atoms with Gasteiger partial charge in [0.15, 0.2) is 0 Å². The van der Waals surface area contributed by atoms with Crippen molar-refractivity contribution in [2.75, 3.05) is 0 Å². The molecule has 3 rings (SSSR count). The number of benzene rings is 3. The van der Waals surface area contributed by atoms with Crippen LogP contribution in [0.15, 0.2) is 84.9 Å². The summed E-state index contributed by atoms with van der Waals surface area (Å²) >= 11 is 0. The van der Waals surface area contributed by atoms with E-state index >= 15 is 0 Å². The maximum absolute atomic E-state index is 14.9. The smallest absolute Gasteiger partial charge is 0.141 e. The summed E-state index contributed by atoms with van der Waals surface area (Å²) in [7, 11) is -2.97. The van der Waals surface area contributed by atoms with Gasteiger partial charge in [0.25, 0.3) is 0 Å². The Bertz CT molecular complexity index is 984. The molecule has 0 bridgehead atoms. The lowest BCUT2D eigenvalue weighted by atomic mass is 9.80. The summed E-state index contributed by atoms with van der Waals surface area (Å²) in [4.78, 5) is 0. The van der Waals surface area contributed by atoms with E-state index in [1.807, 2.05) is 126 Å². The molecule has 0 unspecified atom stereocenters. The van der Waals surface area contributed by atoms with Crippen LogP contribution in [-0.2, 0) is 10.2 Å². The third-order valence-electron chi connectivity index (χ3n) is 5.91. The minimum Gasteiger partial charge on any atom is -0.376 e. The van der Waals surface area contributed by atoms with Gasteiger partial charge in [0.1, 0.15) is 12.7 Å². The Morgan fingerprint density at radius 3 is 1.37 bits per heavy atom. The fraction of sp³-hybridized carbons (Fsp3) is 0.333. The minimum atomic E-state index is -2.97. The minimum absolute atomic E-state index is 0.463. The highest BCUT2D eigenvalue weighted by atomic mass is 31.2. The second-order valence-electron chi connectivity index (χ2n) is 9.91. The molecular weight excluding hydrogens is 387 g/mol. The van der Waals surface area contributed by atoms with E-state index in [4.69, 9.17) is 0 Å². The quantitative estimate of drug-likeness (QED) is 0.383. The van der Waals surface area contributed by atoms with Gasteiger partial charge in [-0.15, -0.1) is 0 Å². The van der Waals surface area contributed by atoms with Gasteiger partial charge in [-0.1, -0.05) is 126 Å². The molecule has 0 fully saturated rings. The molecule has 3 aromatic rings. The predicted molar refractivity (Wildman–Crippen MR) is 128 cm³/mol. The van der Waals surface area contributed by atoms with Crippen molar-refractivity contribution in [1.29, 1.82) is 0 Å². The fourth-order valence-electron chi connectivity index (χ4n) is 4.62. The monoisotopic (exact) mass is 420 g/mol. The average Bonchev–Trinajstić information content (AvgIpc) is 2.72. The molecule has 0 amide bonds. The van der Waals surface area contributed by atoms with Crippen molar-refractivity contribution < 1.29 is 9.67 Å². The molecule has 0 spiro atoms. The van der Waals surface area contributed by atoms with Gasteiger partial charge >= 0.3 is 0 Å². The fourth-order valence-corrected chi connectivity index (χ4v) is 8.95. The number of rotatable bonds is 4. The van der Waals surface area contributed by atoms with E-state index in [1.165, 1.54) is 0 Å². The average molecular weight is 421 g/mol. The number of hydrogen-bond acceptors (Lipinski definition) is 2. The summed E-state index contributed by atoms with van der Waals surface area (Å²) in [6.07, 6.45) is 0. The van der Waals surface area contributed by atoms with Crippen molar-refractivity contribution >= 4 is 12.4 Å². The van der Waals surface area contributed by atoms with Crippen LogP contribution in [0.1, 0.15) is 58.2 Å². The Morgan fingerprint density at radius 2 is 0.967 bits per heavy atom. The van der Waals surface area contributed by atoms with Crippen LogP contribution < -0.4 is 5.30 Å². The van der Waals surface area contributed by atoms with E-state index in [2.05, 4.69) is 0 Å². The Kier molecular flexibility index (Phi) is 5.89. The molecular formula is C27H33O2P. The van der Waals surface area contributed by atoms with E-state index in [1.54, 1.807) is 0 Å². The van der Waals surface area contributed by atoms with Gasteiger partial charge in [0, 0.05) is 21.2 Å². The molecule has 0 heterocycles. The summed E-state index contributed by atoms with van der Waals surface area (Å²) in [6.45, 7) is 12.2. The van der Waals surface area contributed by atoms with Crippen LogP contribution in [0, 0.1) is 0 Å². The van der Waals surface area contributed by atoms with Crippen LogP contribution in [-0.4, -0.2) is 15.4 Å². The molecule has 0 aliphatic rings. The Balaban J connectivity index is 2.44. The normalized spacial score (nSPS) is 13.3. The highest BCUT2D eigenvalue weighted by Crippen LogP contribution is 2.66. The molecule has 0 atom stereocenters. The second kappa shape index (κ2) is 7.84. The molecule has 0 saturated heterocycles. The molecule has 0 radical (unpaired) electrons. The first-order chi connectivity index (χ1) is 13.9. The highest BCUT2D eigenvalue weighted by molar-refractivity contribution is 7.74. The van der Waals surface area contributed by atoms with Gasteiger partial charge in [-0.25, -0.2) is 0 Å². The zero-order chi connectivity index (χ0) is 22.2. The third kappa shape index (κ3) is 3.57. The Morgan fingerprint density at radius 1 is 0.600 bits per heavy atom. The van der Waals surface area contributed by atoms with Crippen molar-refractivity contribution in [3.8, 4) is 0 Å². The SMILES string of the molecule is CC(C)(C)P(=O)(c1ccccc1C(O)(c1ccccc1)c1ccccc1)C(C)(C)C.